The van der Waals surface area contributed by atoms with Gasteiger partial charge in [-0.25, -0.2) is 8.42 Å². The Morgan fingerprint density at radius 2 is 1.81 bits per heavy atom. The second-order valence-corrected chi connectivity index (χ2v) is 7.86. The van der Waals surface area contributed by atoms with Gasteiger partial charge < -0.3 is 4.90 Å². The smallest absolute Gasteiger partial charge is 0.245 e. The fourth-order valence-corrected chi connectivity index (χ4v) is 2.81. The van der Waals surface area contributed by atoms with Crippen LogP contribution in [0.1, 0.15) is 39.2 Å². The maximum atomic E-state index is 12.7. The van der Waals surface area contributed by atoms with Crippen LogP contribution in [0.25, 0.3) is 0 Å². The average molecular weight is 311 g/mol. The molecule has 0 spiro atoms. The molecule has 0 saturated heterocycles. The first-order valence-corrected chi connectivity index (χ1v) is 9.26. The van der Waals surface area contributed by atoms with Crippen molar-refractivity contribution in [1.29, 1.82) is 0 Å². The monoisotopic (exact) mass is 311 g/mol. The van der Waals surface area contributed by atoms with Gasteiger partial charge in [-0.3, -0.25) is 4.79 Å². The van der Waals surface area contributed by atoms with Gasteiger partial charge >= 0.3 is 0 Å². The number of nitrogens with zero attached hydrogens (tertiary/aromatic N) is 1. The number of carbonyl (C=O) groups excluding carboxylic acids is 1. The number of carbonyl (C=O) groups is 1. The molecule has 4 nitrogen and oxygen atoms in total. The second kappa shape index (κ2) is 7.07. The maximum Gasteiger partial charge on any atom is 0.245 e. The third-order valence-corrected chi connectivity index (χ3v) is 5.30. The van der Waals surface area contributed by atoms with Crippen LogP contribution in [0.2, 0.25) is 0 Å². The molecule has 1 aromatic carbocycles. The number of sulfone groups is 1. The van der Waals surface area contributed by atoms with Gasteiger partial charge in [0, 0.05) is 18.0 Å². The lowest BCUT2D eigenvalue weighted by atomic mass is 10.1. The predicted octanol–water partition coefficient (Wildman–Crippen LogP) is 2.95. The van der Waals surface area contributed by atoms with Gasteiger partial charge in [-0.15, -0.1) is 0 Å². The Balaban J connectivity index is 3.30. The molecule has 1 amide bonds. The van der Waals surface area contributed by atoms with Gasteiger partial charge in [-0.05, 0) is 44.4 Å². The van der Waals surface area contributed by atoms with Crippen molar-refractivity contribution in [3.8, 4) is 0 Å². The number of anilines is 1. The van der Waals surface area contributed by atoms with E-state index in [-0.39, 0.29) is 11.9 Å². The van der Waals surface area contributed by atoms with Crippen molar-refractivity contribution >= 4 is 21.4 Å². The average Bonchev–Trinajstić information content (AvgIpc) is 2.42. The number of benzene rings is 1. The van der Waals surface area contributed by atoms with Gasteiger partial charge in [0.2, 0.25) is 5.91 Å². The van der Waals surface area contributed by atoms with Crippen LogP contribution in [0.15, 0.2) is 24.3 Å². The van der Waals surface area contributed by atoms with Crippen LogP contribution in [0.5, 0.6) is 0 Å². The van der Waals surface area contributed by atoms with Gasteiger partial charge in [0.15, 0.2) is 9.84 Å². The van der Waals surface area contributed by atoms with Crippen LogP contribution in [-0.4, -0.2) is 31.9 Å². The summed E-state index contributed by atoms with van der Waals surface area (Å²) in [4.78, 5) is 14.4. The molecule has 0 aromatic heterocycles. The van der Waals surface area contributed by atoms with E-state index < -0.39 is 15.1 Å². The zero-order chi connectivity index (χ0) is 16.2. The predicted molar refractivity (Wildman–Crippen MR) is 87.3 cm³/mol. The highest BCUT2D eigenvalue weighted by molar-refractivity contribution is 7.92. The van der Waals surface area contributed by atoms with E-state index in [1.165, 1.54) is 6.92 Å². The molecule has 0 aliphatic carbocycles. The van der Waals surface area contributed by atoms with Crippen LogP contribution >= 0.6 is 0 Å². The molecule has 0 saturated carbocycles. The Morgan fingerprint density at radius 1 is 1.24 bits per heavy atom. The van der Waals surface area contributed by atoms with E-state index in [2.05, 4.69) is 0 Å². The molecule has 0 heterocycles. The lowest BCUT2D eigenvalue weighted by Crippen LogP contribution is -2.47. The molecule has 5 heteroatoms. The molecule has 0 radical (unpaired) electrons. The molecule has 0 bridgehead atoms. The van der Waals surface area contributed by atoms with E-state index in [9.17, 15) is 13.2 Å². The number of hydrogen-bond donors (Lipinski definition) is 0. The fourth-order valence-electron chi connectivity index (χ4n) is 2.33. The zero-order valence-corrected chi connectivity index (χ0v) is 14.3. The minimum Gasteiger partial charge on any atom is -0.308 e. The van der Waals surface area contributed by atoms with Crippen molar-refractivity contribution in [3.63, 3.8) is 0 Å². The standard InChI is InChI=1S/C16H25NO3S/c1-6-14(7-2)17(15-10-8-9-12(3)11-15)16(18)13(4)21(5,19)20/h8-11,13-14H,6-7H2,1-5H3/t13-/m0/s1. The molecular weight excluding hydrogens is 286 g/mol. The Kier molecular flexibility index (Phi) is 5.96. The first-order chi connectivity index (χ1) is 9.72. The topological polar surface area (TPSA) is 54.5 Å². The minimum atomic E-state index is -3.41. The van der Waals surface area contributed by atoms with Gasteiger partial charge in [0.05, 0.1) is 0 Å². The summed E-state index contributed by atoms with van der Waals surface area (Å²) in [7, 11) is -3.41. The van der Waals surface area contributed by atoms with Crippen molar-refractivity contribution in [3.05, 3.63) is 29.8 Å². The number of aryl methyl sites for hydroxylation is 1. The molecule has 118 valence electrons. The van der Waals surface area contributed by atoms with Crippen LogP contribution in [0.3, 0.4) is 0 Å². The van der Waals surface area contributed by atoms with Gasteiger partial charge in [0.25, 0.3) is 0 Å². The van der Waals surface area contributed by atoms with Crippen molar-refractivity contribution in [2.75, 3.05) is 11.2 Å². The van der Waals surface area contributed by atoms with Crippen molar-refractivity contribution in [2.45, 2.75) is 51.8 Å². The minimum absolute atomic E-state index is 0.00324. The molecule has 0 aliphatic heterocycles. The highest BCUT2D eigenvalue weighted by Crippen LogP contribution is 2.24. The van der Waals surface area contributed by atoms with Gasteiger partial charge in [-0.2, -0.15) is 0 Å². The summed E-state index contributed by atoms with van der Waals surface area (Å²) in [5.41, 5.74) is 1.81. The van der Waals surface area contributed by atoms with E-state index >= 15 is 0 Å². The van der Waals surface area contributed by atoms with Crippen molar-refractivity contribution < 1.29 is 13.2 Å². The van der Waals surface area contributed by atoms with Crippen LogP contribution in [-0.2, 0) is 14.6 Å². The van der Waals surface area contributed by atoms with Crippen LogP contribution in [0, 0.1) is 6.92 Å². The van der Waals surface area contributed by atoms with E-state index in [0.29, 0.717) is 0 Å². The Morgan fingerprint density at radius 3 is 2.24 bits per heavy atom. The molecule has 0 fully saturated rings. The maximum absolute atomic E-state index is 12.7. The Hall–Kier alpha value is -1.36. The molecule has 21 heavy (non-hydrogen) atoms. The third kappa shape index (κ3) is 4.30. The highest BCUT2D eigenvalue weighted by Gasteiger charge is 2.32. The second-order valence-electron chi connectivity index (χ2n) is 5.49. The number of hydrogen-bond acceptors (Lipinski definition) is 3. The van der Waals surface area contributed by atoms with E-state index in [4.69, 9.17) is 0 Å². The first kappa shape index (κ1) is 17.7. The van der Waals surface area contributed by atoms with Crippen LogP contribution in [0.4, 0.5) is 5.69 Å². The molecule has 1 atom stereocenters. The largest absolute Gasteiger partial charge is 0.308 e. The molecule has 0 aliphatic rings. The molecular formula is C16H25NO3S. The zero-order valence-electron chi connectivity index (χ0n) is 13.5. The molecule has 1 rings (SSSR count). The van der Waals surface area contributed by atoms with E-state index in [0.717, 1.165) is 30.3 Å². The fraction of sp³-hybridized carbons (Fsp3) is 0.562. The summed E-state index contributed by atoms with van der Waals surface area (Å²) in [6, 6.07) is 7.63. The normalized spacial score (nSPS) is 13.2. The first-order valence-electron chi connectivity index (χ1n) is 7.30. The van der Waals surface area contributed by atoms with E-state index in [1.54, 1.807) is 4.90 Å². The Labute approximate surface area is 128 Å². The summed E-state index contributed by atoms with van der Waals surface area (Å²) in [5.74, 6) is -0.350. The van der Waals surface area contributed by atoms with Crippen LogP contribution < -0.4 is 4.90 Å². The summed E-state index contributed by atoms with van der Waals surface area (Å²) in [6.07, 6.45) is 2.68. The van der Waals surface area contributed by atoms with E-state index in [1.807, 2.05) is 45.0 Å². The highest BCUT2D eigenvalue weighted by atomic mass is 32.2. The van der Waals surface area contributed by atoms with Crippen molar-refractivity contribution in [1.82, 2.24) is 0 Å². The molecule has 0 N–H and O–H groups in total. The third-order valence-electron chi connectivity index (χ3n) is 3.81. The summed E-state index contributed by atoms with van der Waals surface area (Å²) in [5, 5.41) is -1.03. The molecule has 0 unspecified atom stereocenters. The summed E-state index contributed by atoms with van der Waals surface area (Å²) in [6.45, 7) is 7.44. The summed E-state index contributed by atoms with van der Waals surface area (Å²) >= 11 is 0. The SMILES string of the molecule is CCC(CC)N(C(=O)[C@H](C)S(C)(=O)=O)c1cccc(C)c1. The van der Waals surface area contributed by atoms with Gasteiger partial charge in [-0.1, -0.05) is 26.0 Å². The number of rotatable bonds is 6. The lowest BCUT2D eigenvalue weighted by Gasteiger charge is -2.32. The summed E-state index contributed by atoms with van der Waals surface area (Å²) < 4.78 is 23.5. The van der Waals surface area contributed by atoms with Crippen molar-refractivity contribution in [2.24, 2.45) is 0 Å². The lowest BCUT2D eigenvalue weighted by molar-refractivity contribution is -0.118. The molecule has 1 aromatic rings. The quantitative estimate of drug-likeness (QED) is 0.811. The number of amides is 1. The van der Waals surface area contributed by atoms with Gasteiger partial charge in [0.1, 0.15) is 5.25 Å². The Bertz CT molecular complexity index is 591.